The Morgan fingerprint density at radius 3 is 2.19 bits per heavy atom. The fraction of sp³-hybridized carbons (Fsp3) is 0.263. The first-order valence-electron chi connectivity index (χ1n) is 8.66. The van der Waals surface area contributed by atoms with Crippen molar-refractivity contribution in [2.24, 2.45) is 0 Å². The Kier molecular flexibility index (Phi) is 5.77. The number of piperazine rings is 1. The van der Waals surface area contributed by atoms with E-state index >= 15 is 0 Å². The topological polar surface area (TPSA) is 92.8 Å². The van der Waals surface area contributed by atoms with E-state index in [1.165, 1.54) is 18.2 Å². The molecular formula is C19H20N4O4. The third-order valence-corrected chi connectivity index (χ3v) is 4.59. The Morgan fingerprint density at radius 1 is 0.889 bits per heavy atom. The predicted octanol–water partition coefficient (Wildman–Crippen LogP) is 3.34. The average Bonchev–Trinajstić information content (AvgIpc) is 2.69. The monoisotopic (exact) mass is 368 g/mol. The second-order valence-electron chi connectivity index (χ2n) is 6.28. The van der Waals surface area contributed by atoms with Gasteiger partial charge in [-0.2, -0.15) is 0 Å². The van der Waals surface area contributed by atoms with Crippen molar-refractivity contribution in [1.29, 1.82) is 0 Å². The van der Waals surface area contributed by atoms with Crippen molar-refractivity contribution in [2.45, 2.75) is 0 Å². The SMILES string of the molecule is O=[N+]([O-])c1ccc(N2CCN(CC=Cc3ccccc3[N+](=O)[O-])CC2)cc1. The van der Waals surface area contributed by atoms with E-state index < -0.39 is 4.92 Å². The van der Waals surface area contributed by atoms with E-state index in [0.717, 1.165) is 38.4 Å². The van der Waals surface area contributed by atoms with Crippen molar-refractivity contribution in [3.05, 3.63) is 80.4 Å². The molecule has 27 heavy (non-hydrogen) atoms. The maximum Gasteiger partial charge on any atom is 0.276 e. The van der Waals surface area contributed by atoms with Crippen LogP contribution in [0.4, 0.5) is 17.1 Å². The molecule has 1 aliphatic rings. The quantitative estimate of drug-likeness (QED) is 0.573. The summed E-state index contributed by atoms with van der Waals surface area (Å²) >= 11 is 0. The van der Waals surface area contributed by atoms with Crippen LogP contribution >= 0.6 is 0 Å². The Hall–Kier alpha value is -3.26. The van der Waals surface area contributed by atoms with Crippen LogP contribution in [0.3, 0.4) is 0 Å². The highest BCUT2D eigenvalue weighted by Crippen LogP contribution is 2.21. The summed E-state index contributed by atoms with van der Waals surface area (Å²) in [5.74, 6) is 0. The van der Waals surface area contributed by atoms with E-state index in [1.54, 1.807) is 36.4 Å². The molecule has 0 aromatic heterocycles. The molecule has 0 unspecified atom stereocenters. The van der Waals surface area contributed by atoms with Gasteiger partial charge in [0.1, 0.15) is 0 Å². The maximum atomic E-state index is 11.0. The lowest BCUT2D eigenvalue weighted by Gasteiger charge is -2.35. The number of non-ortho nitro benzene ring substituents is 1. The minimum Gasteiger partial charge on any atom is -0.369 e. The lowest BCUT2D eigenvalue weighted by molar-refractivity contribution is -0.385. The van der Waals surface area contributed by atoms with Crippen molar-refractivity contribution in [3.63, 3.8) is 0 Å². The number of nitro benzene ring substituents is 2. The molecule has 0 N–H and O–H groups in total. The molecule has 0 atom stereocenters. The van der Waals surface area contributed by atoms with Crippen LogP contribution in [0.25, 0.3) is 6.08 Å². The fourth-order valence-corrected chi connectivity index (χ4v) is 3.10. The summed E-state index contributed by atoms with van der Waals surface area (Å²) in [6.45, 7) is 4.10. The van der Waals surface area contributed by atoms with E-state index in [2.05, 4.69) is 9.80 Å². The third kappa shape index (κ3) is 4.68. The highest BCUT2D eigenvalue weighted by molar-refractivity contribution is 5.60. The molecule has 0 amide bonds. The van der Waals surface area contributed by atoms with Crippen LogP contribution in [0.1, 0.15) is 5.56 Å². The number of hydrogen-bond donors (Lipinski definition) is 0. The van der Waals surface area contributed by atoms with E-state index in [0.29, 0.717) is 5.56 Å². The molecule has 0 radical (unpaired) electrons. The summed E-state index contributed by atoms with van der Waals surface area (Å²) in [7, 11) is 0. The van der Waals surface area contributed by atoms with Crippen LogP contribution in [0, 0.1) is 20.2 Å². The van der Waals surface area contributed by atoms with Gasteiger partial charge in [-0.25, -0.2) is 0 Å². The molecule has 2 aromatic carbocycles. The summed E-state index contributed by atoms with van der Waals surface area (Å²) < 4.78 is 0. The van der Waals surface area contributed by atoms with Crippen molar-refractivity contribution in [3.8, 4) is 0 Å². The molecule has 0 aliphatic carbocycles. The molecule has 0 spiro atoms. The molecule has 0 saturated carbocycles. The highest BCUT2D eigenvalue weighted by atomic mass is 16.6. The van der Waals surface area contributed by atoms with Gasteiger partial charge >= 0.3 is 0 Å². The largest absolute Gasteiger partial charge is 0.369 e. The fourth-order valence-electron chi connectivity index (χ4n) is 3.10. The van der Waals surface area contributed by atoms with E-state index in [1.807, 2.05) is 6.08 Å². The van der Waals surface area contributed by atoms with E-state index in [-0.39, 0.29) is 16.3 Å². The van der Waals surface area contributed by atoms with Crippen LogP contribution in [-0.2, 0) is 0 Å². The molecule has 8 heteroatoms. The van der Waals surface area contributed by atoms with Gasteiger partial charge in [-0.3, -0.25) is 25.1 Å². The molecule has 3 rings (SSSR count). The van der Waals surface area contributed by atoms with Gasteiger partial charge in [0.15, 0.2) is 0 Å². The summed E-state index contributed by atoms with van der Waals surface area (Å²) in [5.41, 5.74) is 1.79. The van der Waals surface area contributed by atoms with Crippen molar-refractivity contribution < 1.29 is 9.85 Å². The lowest BCUT2D eigenvalue weighted by atomic mass is 10.1. The minimum absolute atomic E-state index is 0.0949. The second kappa shape index (κ2) is 8.41. The molecule has 1 fully saturated rings. The first-order valence-corrected chi connectivity index (χ1v) is 8.66. The Labute approximate surface area is 156 Å². The van der Waals surface area contributed by atoms with Crippen molar-refractivity contribution >= 4 is 23.1 Å². The van der Waals surface area contributed by atoms with Crippen LogP contribution < -0.4 is 4.90 Å². The number of benzene rings is 2. The molecule has 140 valence electrons. The van der Waals surface area contributed by atoms with E-state index in [9.17, 15) is 20.2 Å². The molecule has 1 aliphatic heterocycles. The van der Waals surface area contributed by atoms with E-state index in [4.69, 9.17) is 0 Å². The minimum atomic E-state index is -0.398. The smallest absolute Gasteiger partial charge is 0.276 e. The Bertz CT molecular complexity index is 843. The number of para-hydroxylation sites is 1. The molecular weight excluding hydrogens is 348 g/mol. The summed E-state index contributed by atoms with van der Waals surface area (Å²) in [6.07, 6.45) is 3.74. The zero-order chi connectivity index (χ0) is 19.2. The number of hydrogen-bond acceptors (Lipinski definition) is 6. The molecule has 2 aromatic rings. The van der Waals surface area contributed by atoms with Crippen molar-refractivity contribution in [1.82, 2.24) is 4.90 Å². The summed E-state index contributed by atoms with van der Waals surface area (Å²) in [6, 6.07) is 13.3. The average molecular weight is 368 g/mol. The van der Waals surface area contributed by atoms with Gasteiger partial charge in [0.25, 0.3) is 11.4 Å². The van der Waals surface area contributed by atoms with Gasteiger partial charge < -0.3 is 4.90 Å². The number of rotatable bonds is 6. The first kappa shape index (κ1) is 18.5. The summed E-state index contributed by atoms with van der Waals surface area (Å²) in [4.78, 5) is 25.5. The second-order valence-corrected chi connectivity index (χ2v) is 6.28. The van der Waals surface area contributed by atoms with Crippen LogP contribution in [0.2, 0.25) is 0 Å². The number of nitro groups is 2. The molecule has 8 nitrogen and oxygen atoms in total. The van der Waals surface area contributed by atoms with Gasteiger partial charge in [-0.1, -0.05) is 24.3 Å². The van der Waals surface area contributed by atoms with Crippen LogP contribution in [0.15, 0.2) is 54.6 Å². The molecule has 1 saturated heterocycles. The lowest BCUT2D eigenvalue weighted by Crippen LogP contribution is -2.46. The first-order chi connectivity index (χ1) is 13.0. The van der Waals surface area contributed by atoms with Crippen LogP contribution in [-0.4, -0.2) is 47.5 Å². The zero-order valence-corrected chi connectivity index (χ0v) is 14.7. The third-order valence-electron chi connectivity index (χ3n) is 4.59. The van der Waals surface area contributed by atoms with Gasteiger partial charge in [0.05, 0.1) is 15.4 Å². The van der Waals surface area contributed by atoms with Gasteiger partial charge in [-0.05, 0) is 18.2 Å². The Morgan fingerprint density at radius 2 is 1.56 bits per heavy atom. The highest BCUT2D eigenvalue weighted by Gasteiger charge is 2.17. The molecule has 1 heterocycles. The van der Waals surface area contributed by atoms with Gasteiger partial charge in [0, 0.05) is 56.6 Å². The van der Waals surface area contributed by atoms with Crippen LogP contribution in [0.5, 0.6) is 0 Å². The maximum absolute atomic E-state index is 11.0. The van der Waals surface area contributed by atoms with Crippen molar-refractivity contribution in [2.75, 3.05) is 37.6 Å². The number of anilines is 1. The predicted molar refractivity (Wildman–Crippen MR) is 104 cm³/mol. The number of nitrogens with zero attached hydrogens (tertiary/aromatic N) is 4. The summed E-state index contributed by atoms with van der Waals surface area (Å²) in [5, 5.41) is 21.8. The molecule has 0 bridgehead atoms. The standard InChI is InChI=1S/C19H20N4O4/c24-22(25)18-9-7-17(8-10-18)21-14-12-20(13-15-21)11-3-5-16-4-1-2-6-19(16)23(26)27/h1-10H,11-15H2. The van der Waals surface area contributed by atoms with Gasteiger partial charge in [0.2, 0.25) is 0 Å². The zero-order valence-electron chi connectivity index (χ0n) is 14.7. The normalized spacial score (nSPS) is 15.2. The van der Waals surface area contributed by atoms with Gasteiger partial charge in [-0.15, -0.1) is 0 Å². The Balaban J connectivity index is 1.52.